The van der Waals surface area contributed by atoms with Gasteiger partial charge >= 0.3 is 17.7 Å². The van der Waals surface area contributed by atoms with Gasteiger partial charge in [-0.1, -0.05) is 5.16 Å². The Kier molecular flexibility index (Phi) is 4.39. The first-order chi connectivity index (χ1) is 11.9. The minimum Gasteiger partial charge on any atom is -0.481 e. The highest BCUT2D eigenvalue weighted by atomic mass is 19.1. The van der Waals surface area contributed by atoms with Crippen LogP contribution in [0.3, 0.4) is 0 Å². The van der Waals surface area contributed by atoms with Crippen molar-refractivity contribution in [3.63, 3.8) is 0 Å². The van der Waals surface area contributed by atoms with E-state index in [4.69, 9.17) is 14.7 Å². The number of nitrogens with zero attached hydrogens (tertiary/aromatic N) is 1. The zero-order valence-corrected chi connectivity index (χ0v) is 12.9. The Morgan fingerprint density at radius 3 is 2.68 bits per heavy atom. The second-order valence-corrected chi connectivity index (χ2v) is 5.57. The second kappa shape index (κ2) is 6.50. The minimum absolute atomic E-state index is 0.0962. The van der Waals surface area contributed by atoms with E-state index in [1.807, 2.05) is 0 Å². The summed E-state index contributed by atoms with van der Waals surface area (Å²) in [4.78, 5) is 28.1. The van der Waals surface area contributed by atoms with Crippen LogP contribution in [-0.4, -0.2) is 35.0 Å². The number of halogens is 2. The number of ether oxygens (including phenoxy) is 1. The number of carbonyl (C=O) groups excluding carboxylic acids is 1. The van der Waals surface area contributed by atoms with Gasteiger partial charge in [-0.15, -0.1) is 0 Å². The summed E-state index contributed by atoms with van der Waals surface area (Å²) in [6.45, 7) is 0.107. The first-order valence-electron chi connectivity index (χ1n) is 7.49. The first kappa shape index (κ1) is 16.9. The first-order valence-corrected chi connectivity index (χ1v) is 7.49. The molecule has 132 valence electrons. The third-order valence-electron chi connectivity index (χ3n) is 3.83. The summed E-state index contributed by atoms with van der Waals surface area (Å²) >= 11 is 0. The Labute approximate surface area is 140 Å². The number of rotatable bonds is 6. The van der Waals surface area contributed by atoms with Gasteiger partial charge in [0, 0.05) is 24.6 Å². The molecule has 2 atom stereocenters. The summed E-state index contributed by atoms with van der Waals surface area (Å²) in [5.41, 5.74) is 0.297. The average Bonchev–Trinajstić information content (AvgIpc) is 3.09. The zero-order valence-electron chi connectivity index (χ0n) is 12.9. The quantitative estimate of drug-likeness (QED) is 0.757. The lowest BCUT2D eigenvalue weighted by molar-refractivity contribution is -0.201. The van der Waals surface area contributed by atoms with Gasteiger partial charge in [0.15, 0.2) is 0 Å². The number of carbonyl (C=O) groups is 2. The molecule has 0 aliphatic carbocycles. The second-order valence-electron chi connectivity index (χ2n) is 5.57. The number of amides is 1. The van der Waals surface area contributed by atoms with E-state index in [-0.39, 0.29) is 30.7 Å². The fourth-order valence-electron chi connectivity index (χ4n) is 2.68. The van der Waals surface area contributed by atoms with E-state index < -0.39 is 35.2 Å². The molecule has 0 aromatic heterocycles. The molecule has 1 aromatic rings. The van der Waals surface area contributed by atoms with Gasteiger partial charge in [0.05, 0.1) is 6.26 Å². The maximum absolute atomic E-state index is 13.4. The van der Waals surface area contributed by atoms with Crippen molar-refractivity contribution in [3.05, 3.63) is 47.7 Å². The average molecular weight is 352 g/mol. The van der Waals surface area contributed by atoms with Gasteiger partial charge in [0.2, 0.25) is 0 Å². The molecule has 2 aliphatic heterocycles. The maximum Gasteiger partial charge on any atom is 0.366 e. The van der Waals surface area contributed by atoms with Crippen LogP contribution in [0.5, 0.6) is 0 Å². The molecule has 1 amide bonds. The van der Waals surface area contributed by atoms with Crippen LogP contribution in [0.25, 0.3) is 0 Å². The summed E-state index contributed by atoms with van der Waals surface area (Å²) in [7, 11) is 0. The van der Waals surface area contributed by atoms with Crippen molar-refractivity contribution in [3.8, 4) is 0 Å². The van der Waals surface area contributed by atoms with E-state index in [2.05, 4.69) is 10.5 Å². The van der Waals surface area contributed by atoms with E-state index in [0.29, 0.717) is 0 Å². The molecular weight excluding hydrogens is 338 g/mol. The lowest BCUT2D eigenvalue weighted by atomic mass is 9.90. The molecule has 0 saturated carbocycles. The molecule has 0 saturated heterocycles. The van der Waals surface area contributed by atoms with Crippen molar-refractivity contribution in [2.24, 2.45) is 11.1 Å². The van der Waals surface area contributed by atoms with Crippen LogP contribution < -0.4 is 5.32 Å². The third kappa shape index (κ3) is 3.17. The zero-order chi connectivity index (χ0) is 18.0. The molecule has 1 aromatic carbocycles. The fraction of sp³-hybridized carbons (Fsp3) is 0.312. The number of hydrogen-bond acceptors (Lipinski definition) is 5. The predicted molar refractivity (Wildman–Crippen MR) is 80.3 cm³/mol. The van der Waals surface area contributed by atoms with Crippen molar-refractivity contribution < 1.29 is 33.1 Å². The molecule has 9 heteroatoms. The number of aliphatic carboxylic acids is 1. The van der Waals surface area contributed by atoms with E-state index >= 15 is 0 Å². The van der Waals surface area contributed by atoms with Crippen molar-refractivity contribution in [2.75, 3.05) is 6.54 Å². The Morgan fingerprint density at radius 2 is 2.00 bits per heavy atom. The third-order valence-corrected chi connectivity index (χ3v) is 3.83. The highest BCUT2D eigenvalue weighted by Crippen LogP contribution is 2.39. The number of hydrogen-bond donors (Lipinski definition) is 2. The molecule has 25 heavy (non-hydrogen) atoms. The molecule has 2 heterocycles. The van der Waals surface area contributed by atoms with E-state index in [1.165, 1.54) is 12.3 Å². The van der Waals surface area contributed by atoms with Crippen molar-refractivity contribution in [1.82, 2.24) is 5.32 Å². The van der Waals surface area contributed by atoms with Crippen molar-refractivity contribution >= 4 is 17.6 Å². The van der Waals surface area contributed by atoms with Gasteiger partial charge in [-0.2, -0.15) is 0 Å². The van der Waals surface area contributed by atoms with E-state index in [9.17, 15) is 18.4 Å². The van der Waals surface area contributed by atoms with Crippen LogP contribution in [0.4, 0.5) is 8.78 Å². The Balaban J connectivity index is 1.74. The molecule has 2 aliphatic rings. The number of carboxylic acid groups (broad SMARTS) is 1. The minimum atomic E-state index is -1.79. The van der Waals surface area contributed by atoms with Crippen LogP contribution >= 0.6 is 0 Å². The topological polar surface area (TPSA) is 97.2 Å². The Bertz CT molecular complexity index is 760. The highest BCUT2D eigenvalue weighted by Gasteiger charge is 2.59. The summed E-state index contributed by atoms with van der Waals surface area (Å²) in [5.74, 6) is -5.76. The van der Waals surface area contributed by atoms with Gasteiger partial charge in [-0.05, 0) is 24.6 Å². The largest absolute Gasteiger partial charge is 0.481 e. The van der Waals surface area contributed by atoms with Gasteiger partial charge in [-0.3, -0.25) is 9.59 Å². The number of carboxylic acids is 1. The Hall–Kier alpha value is -2.97. The highest BCUT2D eigenvalue weighted by molar-refractivity contribution is 6.08. The number of benzene rings is 1. The van der Waals surface area contributed by atoms with Gasteiger partial charge in [0.25, 0.3) is 0 Å². The van der Waals surface area contributed by atoms with Gasteiger partial charge in [0.1, 0.15) is 23.3 Å². The molecule has 2 N–H and O–H groups in total. The summed E-state index contributed by atoms with van der Waals surface area (Å²) in [6.07, 6.45) is 2.90. The fourth-order valence-corrected chi connectivity index (χ4v) is 2.68. The normalized spacial score (nSPS) is 23.4. The van der Waals surface area contributed by atoms with Crippen LogP contribution in [-0.2, 0) is 19.2 Å². The van der Waals surface area contributed by atoms with Crippen LogP contribution in [0, 0.1) is 17.6 Å². The molecule has 2 unspecified atom stereocenters. The summed E-state index contributed by atoms with van der Waals surface area (Å²) < 4.78 is 32.2. The Morgan fingerprint density at radius 1 is 1.28 bits per heavy atom. The van der Waals surface area contributed by atoms with Crippen LogP contribution in [0.15, 0.2) is 35.7 Å². The number of nitrogens with one attached hydrogen (secondary N) is 1. The monoisotopic (exact) mass is 352 g/mol. The molecule has 3 rings (SSSR count). The van der Waals surface area contributed by atoms with Crippen LogP contribution in [0.1, 0.15) is 18.4 Å². The van der Waals surface area contributed by atoms with Crippen molar-refractivity contribution in [1.29, 1.82) is 0 Å². The van der Waals surface area contributed by atoms with Gasteiger partial charge in [-0.25, -0.2) is 8.78 Å². The predicted octanol–water partition coefficient (Wildman–Crippen LogP) is 1.54. The summed E-state index contributed by atoms with van der Waals surface area (Å²) in [5, 5.41) is 14.9. The van der Waals surface area contributed by atoms with Gasteiger partial charge < -0.3 is 20.0 Å². The SMILES string of the molecule is O=C(O)CCCNC(=O)C12OC=CC1C(c1cc(F)cc(F)c1)=NO2. The molecular formula is C16H14F2N2O5. The lowest BCUT2D eigenvalue weighted by Gasteiger charge is -2.24. The van der Waals surface area contributed by atoms with Crippen LogP contribution in [0.2, 0.25) is 0 Å². The van der Waals surface area contributed by atoms with E-state index in [1.54, 1.807) is 0 Å². The lowest BCUT2D eigenvalue weighted by Crippen LogP contribution is -2.51. The molecule has 0 bridgehead atoms. The summed E-state index contributed by atoms with van der Waals surface area (Å²) in [6, 6.07) is 2.89. The molecule has 0 spiro atoms. The molecule has 0 fully saturated rings. The number of fused-ring (bicyclic) bond motifs is 1. The van der Waals surface area contributed by atoms with Crippen molar-refractivity contribution in [2.45, 2.75) is 18.6 Å². The standard InChI is InChI=1S/C16H14F2N2O5/c17-10-6-9(7-11(18)8-10)14-12-3-5-24-16(12,25-20-14)15(23)19-4-1-2-13(21)22/h3,5-8,12H,1-2,4H2,(H,19,23)(H,21,22). The van der Waals surface area contributed by atoms with E-state index in [0.717, 1.165) is 18.2 Å². The smallest absolute Gasteiger partial charge is 0.366 e. The molecule has 7 nitrogen and oxygen atoms in total. The maximum atomic E-state index is 13.4. The number of oxime groups is 1. The molecule has 0 radical (unpaired) electrons.